The molecule has 1 aliphatic heterocycles. The lowest BCUT2D eigenvalue weighted by Crippen LogP contribution is -2.29. The smallest absolute Gasteiger partial charge is 0.186 e. The highest BCUT2D eigenvalue weighted by atomic mass is 32.1. The molecular formula is C37H32N2OS. The summed E-state index contributed by atoms with van der Waals surface area (Å²) >= 11 is 1.75. The number of hydrogen-bond donors (Lipinski definition) is 0. The van der Waals surface area contributed by atoms with E-state index in [0.29, 0.717) is 5.56 Å². The van der Waals surface area contributed by atoms with Gasteiger partial charge in [0.05, 0.1) is 10.6 Å². The fraction of sp³-hybridized carbons (Fsp3) is 0.135. The molecule has 3 nitrogen and oxygen atoms in total. The van der Waals surface area contributed by atoms with E-state index < -0.39 is 0 Å². The van der Waals surface area contributed by atoms with Gasteiger partial charge in [-0.3, -0.25) is 4.79 Å². The Bertz CT molecular complexity index is 1650. The molecular weight excluding hydrogens is 520 g/mol. The number of rotatable bonds is 8. The number of hydrogen-bond acceptors (Lipinski definition) is 4. The third-order valence-corrected chi connectivity index (χ3v) is 8.52. The van der Waals surface area contributed by atoms with Crippen LogP contribution in [-0.2, 0) is 0 Å². The zero-order valence-electron chi connectivity index (χ0n) is 22.9. The number of anilines is 1. The van der Waals surface area contributed by atoms with Gasteiger partial charge in [0.1, 0.15) is 0 Å². The normalized spacial score (nSPS) is 14.2. The van der Waals surface area contributed by atoms with Gasteiger partial charge in [0, 0.05) is 29.8 Å². The van der Waals surface area contributed by atoms with Gasteiger partial charge in [0.15, 0.2) is 10.9 Å². The van der Waals surface area contributed by atoms with Crippen LogP contribution in [-0.4, -0.2) is 23.9 Å². The van der Waals surface area contributed by atoms with Gasteiger partial charge in [0.25, 0.3) is 0 Å². The molecule has 0 radical (unpaired) electrons. The van der Waals surface area contributed by atoms with E-state index in [9.17, 15) is 4.79 Å². The summed E-state index contributed by atoms with van der Waals surface area (Å²) in [7, 11) is 0. The maximum absolute atomic E-state index is 13.5. The summed E-state index contributed by atoms with van der Waals surface area (Å²) in [4.78, 5) is 22.3. The Kier molecular flexibility index (Phi) is 8.30. The molecule has 0 amide bonds. The molecule has 4 aromatic carbocycles. The number of nitrogens with zero attached hydrogens (tertiary/aromatic N) is 2. The molecule has 1 fully saturated rings. The minimum Gasteiger partial charge on any atom is -0.348 e. The van der Waals surface area contributed by atoms with E-state index in [1.165, 1.54) is 19.3 Å². The highest BCUT2D eigenvalue weighted by Gasteiger charge is 2.23. The molecule has 41 heavy (non-hydrogen) atoms. The van der Waals surface area contributed by atoms with Gasteiger partial charge in [0.2, 0.25) is 0 Å². The van der Waals surface area contributed by atoms with Crippen LogP contribution in [0.3, 0.4) is 0 Å². The Hall–Kier alpha value is -4.54. The van der Waals surface area contributed by atoms with Crippen LogP contribution in [0.1, 0.15) is 45.6 Å². The Labute approximate surface area is 246 Å². The van der Waals surface area contributed by atoms with Crippen LogP contribution >= 0.6 is 11.3 Å². The molecule has 202 valence electrons. The molecule has 0 saturated carbocycles. The number of piperidine rings is 1. The lowest BCUT2D eigenvalue weighted by molar-refractivity contribution is 0.104. The zero-order chi connectivity index (χ0) is 27.9. The van der Waals surface area contributed by atoms with Crippen molar-refractivity contribution in [1.29, 1.82) is 0 Å². The highest BCUT2D eigenvalue weighted by molar-refractivity contribution is 7.17. The van der Waals surface area contributed by atoms with Crippen molar-refractivity contribution in [3.8, 4) is 11.3 Å². The maximum Gasteiger partial charge on any atom is 0.186 e. The van der Waals surface area contributed by atoms with Crippen molar-refractivity contribution in [3.05, 3.63) is 155 Å². The number of benzene rings is 4. The molecule has 2 heterocycles. The maximum atomic E-state index is 13.5. The second kappa shape index (κ2) is 12.8. The van der Waals surface area contributed by atoms with Gasteiger partial charge in [-0.05, 0) is 48.1 Å². The zero-order valence-corrected chi connectivity index (χ0v) is 23.8. The van der Waals surface area contributed by atoms with Crippen LogP contribution < -0.4 is 4.90 Å². The number of allylic oxidation sites excluding steroid dienone is 3. The summed E-state index contributed by atoms with van der Waals surface area (Å²) in [6.07, 6.45) is 7.60. The first-order valence-corrected chi connectivity index (χ1v) is 15.0. The fourth-order valence-electron chi connectivity index (χ4n) is 5.22. The second-order valence-electron chi connectivity index (χ2n) is 10.2. The average molecular weight is 553 g/mol. The summed E-state index contributed by atoms with van der Waals surface area (Å²) in [5.74, 6) is -0.0188. The molecule has 0 atom stereocenters. The SMILES string of the molecule is O=C(/C=C(\C=C(\c1ccccc1)c1sc(N2CCCCC2)nc1-c1ccccc1)c1ccccc1)c1ccccc1. The average Bonchev–Trinajstić information content (AvgIpc) is 3.50. The van der Waals surface area contributed by atoms with Gasteiger partial charge in [-0.25, -0.2) is 4.98 Å². The topological polar surface area (TPSA) is 33.2 Å². The van der Waals surface area contributed by atoms with Gasteiger partial charge >= 0.3 is 0 Å². The van der Waals surface area contributed by atoms with Crippen LogP contribution in [0.15, 0.2) is 133 Å². The molecule has 1 aromatic heterocycles. The van der Waals surface area contributed by atoms with E-state index in [1.807, 2.05) is 60.7 Å². The molecule has 1 aliphatic rings. The van der Waals surface area contributed by atoms with Crippen molar-refractivity contribution >= 4 is 33.4 Å². The van der Waals surface area contributed by atoms with Crippen LogP contribution in [0.5, 0.6) is 0 Å². The first-order chi connectivity index (χ1) is 20.3. The van der Waals surface area contributed by atoms with E-state index in [4.69, 9.17) is 4.98 Å². The number of aromatic nitrogens is 1. The first-order valence-electron chi connectivity index (χ1n) is 14.2. The third kappa shape index (κ3) is 6.29. The van der Waals surface area contributed by atoms with E-state index in [-0.39, 0.29) is 5.78 Å². The van der Waals surface area contributed by atoms with E-state index in [0.717, 1.165) is 56.6 Å². The largest absolute Gasteiger partial charge is 0.348 e. The summed E-state index contributed by atoms with van der Waals surface area (Å²) < 4.78 is 0. The van der Waals surface area contributed by atoms with Crippen molar-refractivity contribution in [1.82, 2.24) is 4.98 Å². The number of carbonyl (C=O) groups excluding carboxylic acids is 1. The van der Waals surface area contributed by atoms with Crippen LogP contribution in [0.2, 0.25) is 0 Å². The number of thiazole rings is 1. The van der Waals surface area contributed by atoms with Crippen molar-refractivity contribution in [2.24, 2.45) is 0 Å². The van der Waals surface area contributed by atoms with Crippen molar-refractivity contribution in [2.45, 2.75) is 19.3 Å². The summed E-state index contributed by atoms with van der Waals surface area (Å²) in [6, 6.07) is 40.5. The van der Waals surface area contributed by atoms with Crippen molar-refractivity contribution in [3.63, 3.8) is 0 Å². The molecule has 6 rings (SSSR count). The van der Waals surface area contributed by atoms with Crippen LogP contribution in [0.25, 0.3) is 22.4 Å². The Morgan fingerprint density at radius 1 is 0.634 bits per heavy atom. The van der Waals surface area contributed by atoms with Gasteiger partial charge in [-0.15, -0.1) is 0 Å². The molecule has 0 spiro atoms. The Morgan fingerprint density at radius 3 is 1.78 bits per heavy atom. The third-order valence-electron chi connectivity index (χ3n) is 7.37. The van der Waals surface area contributed by atoms with E-state index in [1.54, 1.807) is 17.4 Å². The molecule has 0 aliphatic carbocycles. The Morgan fingerprint density at radius 2 is 1.17 bits per heavy atom. The van der Waals surface area contributed by atoms with Crippen LogP contribution in [0.4, 0.5) is 5.13 Å². The van der Waals surface area contributed by atoms with E-state index >= 15 is 0 Å². The van der Waals surface area contributed by atoms with Crippen molar-refractivity contribution in [2.75, 3.05) is 18.0 Å². The molecule has 4 heteroatoms. The summed E-state index contributed by atoms with van der Waals surface area (Å²) in [5.41, 5.74) is 6.75. The number of carbonyl (C=O) groups is 1. The first kappa shape index (κ1) is 26.7. The summed E-state index contributed by atoms with van der Waals surface area (Å²) in [6.45, 7) is 2.07. The predicted octanol–water partition coefficient (Wildman–Crippen LogP) is 9.20. The lowest BCUT2D eigenvalue weighted by Gasteiger charge is -2.25. The van der Waals surface area contributed by atoms with Gasteiger partial charge in [-0.1, -0.05) is 133 Å². The van der Waals surface area contributed by atoms with Gasteiger partial charge < -0.3 is 4.90 Å². The summed E-state index contributed by atoms with van der Waals surface area (Å²) in [5, 5.41) is 1.06. The predicted molar refractivity (Wildman–Crippen MR) is 172 cm³/mol. The standard InChI is InChI=1S/C37H32N2OS/c40-34(30-20-10-3-11-21-30)27-32(28-16-6-1-7-17-28)26-33(29-18-8-2-9-19-29)36-35(31-22-12-4-13-23-31)38-37(41-36)39-24-14-5-15-25-39/h1-4,6-13,16-23,26-27H,5,14-15,24-25H2/b32-27+,33-26-. The lowest BCUT2D eigenvalue weighted by atomic mass is 9.94. The minimum atomic E-state index is -0.0188. The molecule has 0 bridgehead atoms. The minimum absolute atomic E-state index is 0.0188. The van der Waals surface area contributed by atoms with Crippen LogP contribution in [0, 0.1) is 0 Å². The second-order valence-corrected chi connectivity index (χ2v) is 11.2. The monoisotopic (exact) mass is 552 g/mol. The quantitative estimate of drug-likeness (QED) is 0.109. The van der Waals surface area contributed by atoms with Gasteiger partial charge in [-0.2, -0.15) is 0 Å². The highest BCUT2D eigenvalue weighted by Crippen LogP contribution is 2.42. The fourth-order valence-corrected chi connectivity index (χ4v) is 6.40. The number of ketones is 1. The van der Waals surface area contributed by atoms with E-state index in [2.05, 4.69) is 71.6 Å². The molecule has 0 N–H and O–H groups in total. The Balaban J connectivity index is 1.56. The molecule has 5 aromatic rings. The van der Waals surface area contributed by atoms with Crippen molar-refractivity contribution < 1.29 is 4.79 Å². The molecule has 0 unspecified atom stereocenters. The molecule has 1 saturated heterocycles.